The van der Waals surface area contributed by atoms with Gasteiger partial charge in [0.25, 0.3) is 0 Å². The highest BCUT2D eigenvalue weighted by atomic mass is 16.3. The average molecular weight is 944 g/mol. The van der Waals surface area contributed by atoms with E-state index < -0.39 is 0 Å². The fourth-order valence-electron chi connectivity index (χ4n) is 9.40. The first-order valence-electron chi connectivity index (χ1n) is 26.2. The first kappa shape index (κ1) is 56.8. The lowest BCUT2D eigenvalue weighted by atomic mass is 9.95. The molecule has 5 aromatic carbocycles. The highest BCUT2D eigenvalue weighted by molar-refractivity contribution is 5.87. The van der Waals surface area contributed by atoms with Gasteiger partial charge in [-0.3, -0.25) is 4.79 Å². The van der Waals surface area contributed by atoms with Gasteiger partial charge in [0.05, 0.1) is 5.52 Å². The van der Waals surface area contributed by atoms with Crippen LogP contribution in [0.25, 0.3) is 32.7 Å². The van der Waals surface area contributed by atoms with E-state index in [1.807, 2.05) is 12.1 Å². The summed E-state index contributed by atoms with van der Waals surface area (Å²) >= 11 is 0. The van der Waals surface area contributed by atoms with Gasteiger partial charge in [-0.05, 0) is 192 Å². The van der Waals surface area contributed by atoms with Gasteiger partial charge in [-0.15, -0.1) is 0 Å². The van der Waals surface area contributed by atoms with E-state index in [1.165, 1.54) is 89.8 Å². The first-order chi connectivity index (χ1) is 33.1. The molecule has 8 rings (SSSR count). The number of Topliss-reactive ketones (excluding diaryl/α,β-unsaturated/α-hetero) is 1. The number of carbonyl (C=O) groups excluding carboxylic acids is 1. The van der Waals surface area contributed by atoms with E-state index >= 15 is 0 Å². The molecule has 5 nitrogen and oxygen atoms in total. The van der Waals surface area contributed by atoms with E-state index in [-0.39, 0.29) is 0 Å². The predicted octanol–water partition coefficient (Wildman–Crippen LogP) is 17.5. The maximum atomic E-state index is 11.7. The molecule has 0 radical (unpaired) electrons. The number of aromatic amines is 1. The molecular weight excluding hydrogens is 855 g/mol. The molecule has 8 aromatic rings. The summed E-state index contributed by atoms with van der Waals surface area (Å²) < 4.78 is 4.73. The number of phenolic OH excluding ortho intramolecular Hbond substituents is 1. The minimum atomic E-state index is 0.349. The lowest BCUT2D eigenvalue weighted by molar-refractivity contribution is -0.119. The van der Waals surface area contributed by atoms with Crippen LogP contribution in [0.1, 0.15) is 137 Å². The van der Waals surface area contributed by atoms with Gasteiger partial charge in [-0.25, -0.2) is 0 Å². The number of rotatable bonds is 12. The Kier molecular flexibility index (Phi) is 21.9. The standard InChI is InChI=1S/C15H21N.C14H19NO.C14H20O.C13H17N.C9H12/c1-5-16-13(9-11(2)3)10-14-12(4)7-6-8-15(14)16;1-4-15-11(8-10(2)3)9-12-13(15)6-5-7-14(12)16;1-10(2)8-13(15)9-14-11(3)6-5-7-12(14)4;1-9(2)7-11-8-12-10(3)5-4-6-13(12)14-11;1-7-5-4-6-8(2)9(7)3/h6-8,10-11H,5,9H2,1-4H3;5-7,9-10,16H,4,8H2,1-3H3;5-7,10H,8-9H2,1-4H3;4-6,8-9,14H,7H2,1-3H3;4-6H,1-3H3. The Morgan fingerprint density at radius 2 is 0.929 bits per heavy atom. The number of benzene rings is 5. The largest absolute Gasteiger partial charge is 0.507 e. The van der Waals surface area contributed by atoms with Crippen molar-refractivity contribution < 1.29 is 9.90 Å². The van der Waals surface area contributed by atoms with Gasteiger partial charge in [0, 0.05) is 70.2 Å². The number of hydrogen-bond donors (Lipinski definition) is 2. The first-order valence-corrected chi connectivity index (χ1v) is 26.2. The second kappa shape index (κ2) is 27.0. The summed E-state index contributed by atoms with van der Waals surface area (Å²) in [5.41, 5.74) is 18.5. The summed E-state index contributed by atoms with van der Waals surface area (Å²) in [6, 6.07) is 38.1. The van der Waals surface area contributed by atoms with E-state index in [4.69, 9.17) is 0 Å². The number of aromatic nitrogens is 3. The number of ketones is 1. The van der Waals surface area contributed by atoms with Crippen LogP contribution in [-0.4, -0.2) is 25.0 Å². The van der Waals surface area contributed by atoms with Crippen LogP contribution < -0.4 is 0 Å². The molecule has 0 spiro atoms. The summed E-state index contributed by atoms with van der Waals surface area (Å²) in [6.07, 6.45) is 4.64. The monoisotopic (exact) mass is 944 g/mol. The molecule has 0 aliphatic carbocycles. The van der Waals surface area contributed by atoms with Crippen molar-refractivity contribution in [1.82, 2.24) is 14.1 Å². The Hall–Kier alpha value is -5.81. The van der Waals surface area contributed by atoms with Gasteiger partial charge in [0.1, 0.15) is 11.5 Å². The molecule has 0 bridgehead atoms. The van der Waals surface area contributed by atoms with Crippen LogP contribution in [0, 0.1) is 72.1 Å². The third kappa shape index (κ3) is 16.1. The molecule has 0 atom stereocenters. The zero-order valence-electron chi connectivity index (χ0n) is 46.4. The summed E-state index contributed by atoms with van der Waals surface area (Å²) in [6.45, 7) is 39.0. The highest BCUT2D eigenvalue weighted by Crippen LogP contribution is 2.29. The number of hydrogen-bond acceptors (Lipinski definition) is 2. The second-order valence-corrected chi connectivity index (χ2v) is 21.3. The molecule has 0 amide bonds. The van der Waals surface area contributed by atoms with Crippen LogP contribution in [0.2, 0.25) is 0 Å². The van der Waals surface area contributed by atoms with E-state index in [0.717, 1.165) is 42.8 Å². The van der Waals surface area contributed by atoms with E-state index in [0.29, 0.717) is 42.1 Å². The molecule has 0 aliphatic rings. The molecule has 0 saturated heterocycles. The topological polar surface area (TPSA) is 62.9 Å². The fourth-order valence-corrected chi connectivity index (χ4v) is 9.40. The lowest BCUT2D eigenvalue weighted by Gasteiger charge is -2.09. The fraction of sp³-hybridized carbons (Fsp3) is 0.431. The third-order valence-electron chi connectivity index (χ3n) is 13.2. The molecule has 0 saturated carbocycles. The zero-order valence-corrected chi connectivity index (χ0v) is 46.4. The third-order valence-corrected chi connectivity index (χ3v) is 13.2. The lowest BCUT2D eigenvalue weighted by Crippen LogP contribution is -2.08. The summed E-state index contributed by atoms with van der Waals surface area (Å²) in [7, 11) is 0. The maximum absolute atomic E-state index is 11.7. The number of H-pyrrole nitrogens is 1. The van der Waals surface area contributed by atoms with Crippen LogP contribution in [0.5, 0.6) is 5.75 Å². The summed E-state index contributed by atoms with van der Waals surface area (Å²) in [4.78, 5) is 15.2. The Labute approximate surface area is 423 Å². The molecule has 0 unspecified atom stereocenters. The molecule has 3 heterocycles. The van der Waals surface area contributed by atoms with Crippen molar-refractivity contribution in [2.45, 2.75) is 163 Å². The number of nitrogens with zero attached hydrogens (tertiary/aromatic N) is 2. The number of nitrogens with one attached hydrogen (secondary N) is 1. The normalized spacial score (nSPS) is 11.1. The molecule has 0 aliphatic heterocycles. The van der Waals surface area contributed by atoms with Gasteiger partial charge in [-0.2, -0.15) is 0 Å². The van der Waals surface area contributed by atoms with Crippen molar-refractivity contribution in [1.29, 1.82) is 0 Å². The van der Waals surface area contributed by atoms with Crippen LogP contribution in [0.15, 0.2) is 109 Å². The number of fused-ring (bicyclic) bond motifs is 3. The SMILES string of the molecule is CCn1c(CC(C)C)cc2c(C)cccc21.CCn1c(CC(C)C)cc2c(O)cccc21.Cc1cccc(C)c1C.Cc1cccc(C)c1CC(=O)CC(C)C.Cc1cccc2[nH]c(CC(C)C)cc12. The molecule has 70 heavy (non-hydrogen) atoms. The predicted molar refractivity (Wildman–Crippen MR) is 305 cm³/mol. The van der Waals surface area contributed by atoms with Gasteiger partial charge in [0.15, 0.2) is 0 Å². The molecule has 2 N–H and O–H groups in total. The smallest absolute Gasteiger partial charge is 0.137 e. The Morgan fingerprint density at radius 3 is 1.40 bits per heavy atom. The molecule has 376 valence electrons. The zero-order chi connectivity index (χ0) is 51.8. The van der Waals surface area contributed by atoms with Gasteiger partial charge >= 0.3 is 0 Å². The minimum Gasteiger partial charge on any atom is -0.507 e. The van der Waals surface area contributed by atoms with Crippen LogP contribution in [0.3, 0.4) is 0 Å². The van der Waals surface area contributed by atoms with Gasteiger partial charge in [0.2, 0.25) is 0 Å². The highest BCUT2D eigenvalue weighted by Gasteiger charge is 2.13. The van der Waals surface area contributed by atoms with Crippen molar-refractivity contribution in [3.05, 3.63) is 171 Å². The molecular formula is C65H89N3O2. The maximum Gasteiger partial charge on any atom is 0.137 e. The van der Waals surface area contributed by atoms with Crippen molar-refractivity contribution in [3.63, 3.8) is 0 Å². The molecule has 5 heteroatoms. The second-order valence-electron chi connectivity index (χ2n) is 21.3. The van der Waals surface area contributed by atoms with E-state index in [1.54, 1.807) is 6.07 Å². The van der Waals surface area contributed by atoms with Crippen molar-refractivity contribution in [2.24, 2.45) is 23.7 Å². The number of carbonyl (C=O) groups is 1. The van der Waals surface area contributed by atoms with Crippen molar-refractivity contribution in [2.75, 3.05) is 0 Å². The number of aromatic hydroxyl groups is 1. The van der Waals surface area contributed by atoms with E-state index in [9.17, 15) is 9.90 Å². The van der Waals surface area contributed by atoms with E-state index in [2.05, 4.69) is 223 Å². The van der Waals surface area contributed by atoms with Crippen molar-refractivity contribution >= 4 is 38.5 Å². The Bertz CT molecular complexity index is 2760. The number of aryl methyl sites for hydroxylation is 8. The van der Waals surface area contributed by atoms with Crippen molar-refractivity contribution in [3.8, 4) is 5.75 Å². The summed E-state index contributed by atoms with van der Waals surface area (Å²) in [5, 5.41) is 13.6. The quantitative estimate of drug-likeness (QED) is 0.128. The van der Waals surface area contributed by atoms with Crippen LogP contribution in [0.4, 0.5) is 0 Å². The van der Waals surface area contributed by atoms with Gasteiger partial charge < -0.3 is 19.2 Å². The Balaban J connectivity index is 0.000000192. The molecule has 3 aromatic heterocycles. The molecule has 0 fully saturated rings. The van der Waals surface area contributed by atoms with Gasteiger partial charge in [-0.1, -0.05) is 122 Å². The van der Waals surface area contributed by atoms with Crippen LogP contribution >= 0.6 is 0 Å². The average Bonchev–Trinajstić information content (AvgIpc) is 3.98. The van der Waals surface area contributed by atoms with Crippen LogP contribution in [-0.2, 0) is 43.6 Å². The Morgan fingerprint density at radius 1 is 0.500 bits per heavy atom. The summed E-state index contributed by atoms with van der Waals surface area (Å²) in [5.74, 6) is 3.26. The number of phenols is 1. The minimum absolute atomic E-state index is 0.349.